The molecule has 2 heteroatoms. The van der Waals surface area contributed by atoms with Crippen molar-refractivity contribution in [2.75, 3.05) is 6.54 Å². The van der Waals surface area contributed by atoms with E-state index in [2.05, 4.69) is 5.32 Å². The number of β-lactam (4-membered cyclic amide) rings is 1. The van der Waals surface area contributed by atoms with Crippen molar-refractivity contribution >= 4 is 12.0 Å². The summed E-state index contributed by atoms with van der Waals surface area (Å²) in [5, 5.41) is 2.70. The van der Waals surface area contributed by atoms with Crippen LogP contribution < -0.4 is 5.32 Å². The number of benzene rings is 1. The summed E-state index contributed by atoms with van der Waals surface area (Å²) in [6.07, 6.45) is 3.94. The maximum absolute atomic E-state index is 10.9. The van der Waals surface area contributed by atoms with Gasteiger partial charge in [-0.25, -0.2) is 0 Å². The number of hydrogen-bond donors (Lipinski definition) is 1. The molecule has 66 valence electrons. The summed E-state index contributed by atoms with van der Waals surface area (Å²) in [6.45, 7) is 0.780. The first-order chi connectivity index (χ1) is 6.36. The molecule has 1 amide bonds. The monoisotopic (exact) mass is 173 g/mol. The number of hydrogen-bond acceptors (Lipinski definition) is 1. The Bertz CT molecular complexity index is 329. The van der Waals surface area contributed by atoms with Crippen molar-refractivity contribution in [2.45, 2.75) is 0 Å². The van der Waals surface area contributed by atoms with Gasteiger partial charge in [-0.3, -0.25) is 4.79 Å². The minimum absolute atomic E-state index is 0.0835. The number of carbonyl (C=O) groups is 1. The van der Waals surface area contributed by atoms with Gasteiger partial charge in [0.2, 0.25) is 5.91 Å². The Hall–Kier alpha value is -1.57. The number of rotatable bonds is 2. The summed E-state index contributed by atoms with van der Waals surface area (Å²) >= 11 is 0. The topological polar surface area (TPSA) is 29.1 Å². The standard InChI is InChI=1S/C11H11NO/c13-11-10(8-12-11)7-6-9-4-2-1-3-5-9/h1-7,10H,8H2,(H,12,13). The minimum atomic E-state index is 0.0835. The minimum Gasteiger partial charge on any atom is -0.354 e. The molecule has 0 aliphatic carbocycles. The quantitative estimate of drug-likeness (QED) is 0.674. The molecule has 2 rings (SSSR count). The summed E-state index contributed by atoms with van der Waals surface area (Å²) in [7, 11) is 0. The van der Waals surface area contributed by atoms with Gasteiger partial charge in [0.05, 0.1) is 5.92 Å². The first-order valence-corrected chi connectivity index (χ1v) is 4.37. The van der Waals surface area contributed by atoms with Crippen molar-refractivity contribution in [3.63, 3.8) is 0 Å². The molecule has 1 unspecified atom stereocenters. The van der Waals surface area contributed by atoms with Crippen LogP contribution in [0.25, 0.3) is 6.08 Å². The van der Waals surface area contributed by atoms with Crippen LogP contribution in [-0.2, 0) is 4.79 Å². The van der Waals surface area contributed by atoms with E-state index in [4.69, 9.17) is 0 Å². The van der Waals surface area contributed by atoms with Crippen molar-refractivity contribution < 1.29 is 4.79 Å². The van der Waals surface area contributed by atoms with Crippen LogP contribution in [0.4, 0.5) is 0 Å². The van der Waals surface area contributed by atoms with Crippen LogP contribution >= 0.6 is 0 Å². The van der Waals surface area contributed by atoms with Crippen LogP contribution in [0.5, 0.6) is 0 Å². The van der Waals surface area contributed by atoms with Crippen molar-refractivity contribution in [1.29, 1.82) is 0 Å². The molecule has 1 aliphatic heterocycles. The van der Waals surface area contributed by atoms with Crippen LogP contribution in [0, 0.1) is 5.92 Å². The second kappa shape index (κ2) is 3.44. The lowest BCUT2D eigenvalue weighted by Crippen LogP contribution is -2.47. The lowest BCUT2D eigenvalue weighted by Gasteiger charge is -2.22. The highest BCUT2D eigenvalue weighted by Gasteiger charge is 2.23. The highest BCUT2D eigenvalue weighted by molar-refractivity contribution is 5.87. The molecule has 1 N–H and O–H groups in total. The van der Waals surface area contributed by atoms with Gasteiger partial charge in [-0.15, -0.1) is 0 Å². The first kappa shape index (κ1) is 8.05. The van der Waals surface area contributed by atoms with Gasteiger partial charge < -0.3 is 5.32 Å². The summed E-state index contributed by atoms with van der Waals surface area (Å²) < 4.78 is 0. The summed E-state index contributed by atoms with van der Waals surface area (Å²) in [4.78, 5) is 10.9. The zero-order valence-corrected chi connectivity index (χ0v) is 7.23. The molecule has 0 saturated carbocycles. The normalized spacial score (nSPS) is 21.2. The molecule has 13 heavy (non-hydrogen) atoms. The van der Waals surface area contributed by atoms with Crippen LogP contribution in [0.3, 0.4) is 0 Å². The van der Waals surface area contributed by atoms with E-state index < -0.39 is 0 Å². The largest absolute Gasteiger partial charge is 0.354 e. The molecular formula is C11H11NO. The van der Waals surface area contributed by atoms with Crippen LogP contribution in [0.1, 0.15) is 5.56 Å². The Labute approximate surface area is 77.3 Å². The fourth-order valence-corrected chi connectivity index (χ4v) is 1.25. The summed E-state index contributed by atoms with van der Waals surface area (Å²) in [6, 6.07) is 9.99. The highest BCUT2D eigenvalue weighted by atomic mass is 16.2. The molecule has 1 heterocycles. The van der Waals surface area contributed by atoms with Gasteiger partial charge >= 0.3 is 0 Å². The lowest BCUT2D eigenvalue weighted by molar-refractivity contribution is -0.129. The van der Waals surface area contributed by atoms with Crippen molar-refractivity contribution in [1.82, 2.24) is 5.32 Å². The fraction of sp³-hybridized carbons (Fsp3) is 0.182. The third-order valence-corrected chi connectivity index (χ3v) is 2.15. The second-order valence-corrected chi connectivity index (χ2v) is 3.12. The fourth-order valence-electron chi connectivity index (χ4n) is 1.25. The van der Waals surface area contributed by atoms with Gasteiger partial charge in [0.25, 0.3) is 0 Å². The summed E-state index contributed by atoms with van der Waals surface area (Å²) in [5.41, 5.74) is 1.14. The van der Waals surface area contributed by atoms with Gasteiger partial charge in [-0.05, 0) is 5.56 Å². The molecule has 0 aromatic heterocycles. The maximum Gasteiger partial charge on any atom is 0.228 e. The molecule has 0 radical (unpaired) electrons. The van der Waals surface area contributed by atoms with E-state index in [1.54, 1.807) is 0 Å². The van der Waals surface area contributed by atoms with Crippen LogP contribution in [-0.4, -0.2) is 12.5 Å². The average Bonchev–Trinajstić information content (AvgIpc) is 2.17. The average molecular weight is 173 g/mol. The predicted molar refractivity (Wildman–Crippen MR) is 52.0 cm³/mol. The van der Waals surface area contributed by atoms with Crippen LogP contribution in [0.2, 0.25) is 0 Å². The molecule has 0 bridgehead atoms. The third-order valence-electron chi connectivity index (χ3n) is 2.15. The first-order valence-electron chi connectivity index (χ1n) is 4.37. The number of amides is 1. The smallest absolute Gasteiger partial charge is 0.228 e. The van der Waals surface area contributed by atoms with E-state index in [1.807, 2.05) is 42.5 Å². The zero-order chi connectivity index (χ0) is 9.10. The van der Waals surface area contributed by atoms with Gasteiger partial charge in [0, 0.05) is 6.54 Å². The molecule has 1 fully saturated rings. The van der Waals surface area contributed by atoms with Gasteiger partial charge in [0.15, 0.2) is 0 Å². The second-order valence-electron chi connectivity index (χ2n) is 3.12. The van der Waals surface area contributed by atoms with E-state index in [9.17, 15) is 4.79 Å². The van der Waals surface area contributed by atoms with Crippen molar-refractivity contribution in [3.8, 4) is 0 Å². The Morgan fingerprint density at radius 3 is 2.62 bits per heavy atom. The molecule has 1 saturated heterocycles. The van der Waals surface area contributed by atoms with E-state index in [0.717, 1.165) is 12.1 Å². The molecule has 1 aliphatic rings. The van der Waals surface area contributed by atoms with E-state index in [0.29, 0.717) is 0 Å². The molecule has 2 nitrogen and oxygen atoms in total. The molecule has 1 aromatic rings. The van der Waals surface area contributed by atoms with E-state index >= 15 is 0 Å². The predicted octanol–water partition coefficient (Wildman–Crippen LogP) is 1.45. The Balaban J connectivity index is 2.01. The van der Waals surface area contributed by atoms with Gasteiger partial charge in [-0.2, -0.15) is 0 Å². The number of nitrogens with one attached hydrogen (secondary N) is 1. The number of carbonyl (C=O) groups excluding carboxylic acids is 1. The molecular weight excluding hydrogens is 162 g/mol. The zero-order valence-electron chi connectivity index (χ0n) is 7.23. The van der Waals surface area contributed by atoms with Crippen molar-refractivity contribution in [2.24, 2.45) is 5.92 Å². The molecule has 1 atom stereocenters. The molecule has 0 spiro atoms. The van der Waals surface area contributed by atoms with E-state index in [-0.39, 0.29) is 11.8 Å². The summed E-state index contributed by atoms with van der Waals surface area (Å²) in [5.74, 6) is 0.215. The molecule has 1 aromatic carbocycles. The van der Waals surface area contributed by atoms with E-state index in [1.165, 1.54) is 0 Å². The maximum atomic E-state index is 10.9. The van der Waals surface area contributed by atoms with Crippen molar-refractivity contribution in [3.05, 3.63) is 42.0 Å². The van der Waals surface area contributed by atoms with Crippen LogP contribution in [0.15, 0.2) is 36.4 Å². The Kier molecular flexibility index (Phi) is 2.13. The Morgan fingerprint density at radius 1 is 1.31 bits per heavy atom. The third kappa shape index (κ3) is 1.78. The highest BCUT2D eigenvalue weighted by Crippen LogP contribution is 2.10. The Morgan fingerprint density at radius 2 is 2.08 bits per heavy atom. The SMILES string of the molecule is O=C1NCC1C=Cc1ccccc1. The van der Waals surface area contributed by atoms with Gasteiger partial charge in [0.1, 0.15) is 0 Å². The van der Waals surface area contributed by atoms with Gasteiger partial charge in [-0.1, -0.05) is 42.5 Å². The lowest BCUT2D eigenvalue weighted by atomic mass is 10.0.